The first-order chi connectivity index (χ1) is 11.3. The van der Waals surface area contributed by atoms with Crippen LogP contribution in [0.2, 0.25) is 0 Å². The van der Waals surface area contributed by atoms with Crippen molar-refractivity contribution in [2.24, 2.45) is 0 Å². The highest BCUT2D eigenvalue weighted by molar-refractivity contribution is 5.91. The Kier molecular flexibility index (Phi) is 4.49. The van der Waals surface area contributed by atoms with Gasteiger partial charge in [0.2, 0.25) is 5.91 Å². The van der Waals surface area contributed by atoms with E-state index in [1.807, 2.05) is 30.3 Å². The number of amides is 1. The standard InChI is InChI=1S/C18H17N3O2/c1-23-12-18(22)20-16-8-6-14(7-9-16)13-2-4-15(5-3-13)17-10-11-19-21-17/h2-11H,12H2,1H3,(H,19,21)(H,20,22). The van der Waals surface area contributed by atoms with Crippen LogP contribution >= 0.6 is 0 Å². The summed E-state index contributed by atoms with van der Waals surface area (Å²) in [6.07, 6.45) is 1.74. The molecule has 0 saturated heterocycles. The maximum atomic E-state index is 11.5. The first-order valence-corrected chi connectivity index (χ1v) is 7.25. The highest BCUT2D eigenvalue weighted by atomic mass is 16.5. The molecule has 0 spiro atoms. The summed E-state index contributed by atoms with van der Waals surface area (Å²) in [5, 5.41) is 9.68. The Morgan fingerprint density at radius 2 is 1.61 bits per heavy atom. The molecule has 0 unspecified atom stereocenters. The van der Waals surface area contributed by atoms with E-state index in [2.05, 4.69) is 39.8 Å². The van der Waals surface area contributed by atoms with Crippen molar-refractivity contribution in [3.8, 4) is 22.4 Å². The van der Waals surface area contributed by atoms with Crippen LogP contribution in [0.5, 0.6) is 0 Å². The summed E-state index contributed by atoms with van der Waals surface area (Å²) in [6, 6.07) is 17.9. The zero-order valence-electron chi connectivity index (χ0n) is 12.7. The highest BCUT2D eigenvalue weighted by Gasteiger charge is 2.03. The number of H-pyrrole nitrogens is 1. The largest absolute Gasteiger partial charge is 0.375 e. The molecule has 1 aromatic heterocycles. The molecule has 0 radical (unpaired) electrons. The molecule has 2 aromatic carbocycles. The molecular formula is C18H17N3O2. The van der Waals surface area contributed by atoms with E-state index < -0.39 is 0 Å². The first-order valence-electron chi connectivity index (χ1n) is 7.25. The van der Waals surface area contributed by atoms with Crippen molar-refractivity contribution in [1.29, 1.82) is 0 Å². The number of nitrogens with one attached hydrogen (secondary N) is 2. The zero-order valence-corrected chi connectivity index (χ0v) is 12.7. The van der Waals surface area contributed by atoms with E-state index in [0.717, 1.165) is 28.1 Å². The minimum atomic E-state index is -0.163. The number of ether oxygens (including phenoxy) is 1. The SMILES string of the molecule is COCC(=O)Nc1ccc(-c2ccc(-c3ccn[nH]3)cc2)cc1. The van der Waals surface area contributed by atoms with Crippen LogP contribution in [-0.4, -0.2) is 29.8 Å². The maximum Gasteiger partial charge on any atom is 0.250 e. The van der Waals surface area contributed by atoms with Crippen LogP contribution < -0.4 is 5.32 Å². The molecule has 116 valence electrons. The van der Waals surface area contributed by atoms with Gasteiger partial charge in [-0.15, -0.1) is 0 Å². The predicted octanol–water partition coefficient (Wildman–Crippen LogP) is 3.33. The number of carbonyl (C=O) groups is 1. The number of hydrogen-bond acceptors (Lipinski definition) is 3. The maximum absolute atomic E-state index is 11.5. The van der Waals surface area contributed by atoms with Crippen LogP contribution in [0, 0.1) is 0 Å². The third-order valence-electron chi connectivity index (χ3n) is 3.47. The molecule has 0 bridgehead atoms. The number of aromatic amines is 1. The molecule has 0 saturated carbocycles. The zero-order chi connectivity index (χ0) is 16.1. The number of methoxy groups -OCH3 is 1. The van der Waals surface area contributed by atoms with E-state index in [-0.39, 0.29) is 12.5 Å². The lowest BCUT2D eigenvalue weighted by molar-refractivity contribution is -0.119. The second-order valence-electron chi connectivity index (χ2n) is 5.11. The van der Waals surface area contributed by atoms with Gasteiger partial charge in [0, 0.05) is 19.0 Å². The molecule has 0 fully saturated rings. The van der Waals surface area contributed by atoms with Crippen molar-refractivity contribution < 1.29 is 9.53 Å². The van der Waals surface area contributed by atoms with Gasteiger partial charge in [-0.25, -0.2) is 0 Å². The number of anilines is 1. The van der Waals surface area contributed by atoms with Crippen molar-refractivity contribution in [2.75, 3.05) is 19.0 Å². The Morgan fingerprint density at radius 3 is 2.17 bits per heavy atom. The quantitative estimate of drug-likeness (QED) is 0.760. The molecule has 3 aromatic rings. The third kappa shape index (κ3) is 3.64. The predicted molar refractivity (Wildman–Crippen MR) is 90.0 cm³/mol. The molecule has 5 nitrogen and oxygen atoms in total. The Balaban J connectivity index is 1.73. The second kappa shape index (κ2) is 6.89. The van der Waals surface area contributed by atoms with Crippen LogP contribution in [0.3, 0.4) is 0 Å². The average molecular weight is 307 g/mol. The molecule has 1 amide bonds. The van der Waals surface area contributed by atoms with E-state index in [4.69, 9.17) is 4.74 Å². The van der Waals surface area contributed by atoms with Gasteiger partial charge in [-0.1, -0.05) is 36.4 Å². The topological polar surface area (TPSA) is 67.0 Å². The monoisotopic (exact) mass is 307 g/mol. The lowest BCUT2D eigenvalue weighted by Crippen LogP contribution is -2.16. The molecule has 0 aliphatic heterocycles. The van der Waals surface area contributed by atoms with Gasteiger partial charge in [-0.2, -0.15) is 5.10 Å². The fraction of sp³-hybridized carbons (Fsp3) is 0.111. The Hall–Kier alpha value is -2.92. The fourth-order valence-electron chi connectivity index (χ4n) is 2.33. The molecular weight excluding hydrogens is 290 g/mol. The van der Waals surface area contributed by atoms with Gasteiger partial charge < -0.3 is 10.1 Å². The minimum absolute atomic E-state index is 0.0524. The second-order valence-corrected chi connectivity index (χ2v) is 5.11. The number of rotatable bonds is 5. The lowest BCUT2D eigenvalue weighted by atomic mass is 10.0. The Bertz CT molecular complexity index is 763. The Labute approximate surface area is 134 Å². The molecule has 2 N–H and O–H groups in total. The van der Waals surface area contributed by atoms with Crippen LogP contribution in [0.15, 0.2) is 60.8 Å². The summed E-state index contributed by atoms with van der Waals surface area (Å²) >= 11 is 0. The summed E-state index contributed by atoms with van der Waals surface area (Å²) in [5.41, 5.74) is 5.04. The molecule has 0 aliphatic rings. The van der Waals surface area contributed by atoms with E-state index in [1.54, 1.807) is 6.20 Å². The van der Waals surface area contributed by atoms with E-state index >= 15 is 0 Å². The minimum Gasteiger partial charge on any atom is -0.375 e. The van der Waals surface area contributed by atoms with Crippen molar-refractivity contribution in [2.45, 2.75) is 0 Å². The van der Waals surface area contributed by atoms with Crippen LogP contribution in [0.4, 0.5) is 5.69 Å². The van der Waals surface area contributed by atoms with Crippen molar-refractivity contribution >= 4 is 11.6 Å². The number of hydrogen-bond donors (Lipinski definition) is 2. The third-order valence-corrected chi connectivity index (χ3v) is 3.47. The van der Waals surface area contributed by atoms with E-state index in [0.29, 0.717) is 0 Å². The molecule has 0 atom stereocenters. The first kappa shape index (κ1) is 15.0. The van der Waals surface area contributed by atoms with Crippen molar-refractivity contribution in [3.05, 3.63) is 60.8 Å². The van der Waals surface area contributed by atoms with Gasteiger partial charge in [0.25, 0.3) is 0 Å². The summed E-state index contributed by atoms with van der Waals surface area (Å²) < 4.78 is 4.79. The molecule has 0 aliphatic carbocycles. The fourth-order valence-corrected chi connectivity index (χ4v) is 2.33. The van der Waals surface area contributed by atoms with Crippen LogP contribution in [0.1, 0.15) is 0 Å². The van der Waals surface area contributed by atoms with E-state index in [1.165, 1.54) is 7.11 Å². The number of carbonyl (C=O) groups excluding carboxylic acids is 1. The summed E-state index contributed by atoms with van der Waals surface area (Å²) in [5.74, 6) is -0.163. The molecule has 3 rings (SSSR count). The summed E-state index contributed by atoms with van der Waals surface area (Å²) in [6.45, 7) is 0.0524. The van der Waals surface area contributed by atoms with Gasteiger partial charge >= 0.3 is 0 Å². The van der Waals surface area contributed by atoms with Gasteiger partial charge in [-0.3, -0.25) is 9.89 Å². The number of aromatic nitrogens is 2. The smallest absolute Gasteiger partial charge is 0.250 e. The summed E-state index contributed by atoms with van der Waals surface area (Å²) in [7, 11) is 1.50. The average Bonchev–Trinajstić information content (AvgIpc) is 3.10. The Morgan fingerprint density at radius 1 is 1.00 bits per heavy atom. The highest BCUT2D eigenvalue weighted by Crippen LogP contribution is 2.24. The van der Waals surface area contributed by atoms with Gasteiger partial charge in [-0.05, 0) is 34.9 Å². The van der Waals surface area contributed by atoms with Crippen molar-refractivity contribution in [3.63, 3.8) is 0 Å². The van der Waals surface area contributed by atoms with Crippen LogP contribution in [0.25, 0.3) is 22.4 Å². The molecule has 23 heavy (non-hydrogen) atoms. The molecule has 1 heterocycles. The van der Waals surface area contributed by atoms with Crippen molar-refractivity contribution in [1.82, 2.24) is 10.2 Å². The molecule has 5 heteroatoms. The van der Waals surface area contributed by atoms with Gasteiger partial charge in [0.05, 0.1) is 5.69 Å². The number of nitrogens with zero attached hydrogens (tertiary/aromatic N) is 1. The van der Waals surface area contributed by atoms with E-state index in [9.17, 15) is 4.79 Å². The number of benzene rings is 2. The van der Waals surface area contributed by atoms with Crippen LogP contribution in [-0.2, 0) is 9.53 Å². The normalized spacial score (nSPS) is 10.5. The summed E-state index contributed by atoms with van der Waals surface area (Å²) in [4.78, 5) is 11.5. The van der Waals surface area contributed by atoms with Gasteiger partial charge in [0.15, 0.2) is 0 Å². The van der Waals surface area contributed by atoms with Gasteiger partial charge in [0.1, 0.15) is 6.61 Å². The lowest BCUT2D eigenvalue weighted by Gasteiger charge is -2.07.